The van der Waals surface area contributed by atoms with Crippen molar-refractivity contribution in [2.75, 3.05) is 52.5 Å². The molecule has 0 aromatic carbocycles. The number of hydrogen-bond donors (Lipinski definition) is 1. The predicted molar refractivity (Wildman–Crippen MR) is 92.7 cm³/mol. The maximum absolute atomic E-state index is 12.6. The van der Waals surface area contributed by atoms with E-state index in [4.69, 9.17) is 15.2 Å². The van der Waals surface area contributed by atoms with Gasteiger partial charge >= 0.3 is 0 Å². The van der Waals surface area contributed by atoms with Gasteiger partial charge in [-0.05, 0) is 57.5 Å². The first-order valence-corrected chi connectivity index (χ1v) is 9.70. The smallest absolute Gasteiger partial charge is 0.239 e. The number of amides is 1. The topological polar surface area (TPSA) is 68.0 Å². The molecule has 0 saturated carbocycles. The van der Waals surface area contributed by atoms with Crippen LogP contribution in [-0.2, 0) is 14.3 Å². The average molecular weight is 339 g/mol. The van der Waals surface area contributed by atoms with E-state index in [1.807, 2.05) is 4.90 Å². The highest BCUT2D eigenvalue weighted by atomic mass is 16.5. The molecule has 1 unspecified atom stereocenters. The fraction of sp³-hybridized carbons (Fsp3) is 0.944. The Labute approximate surface area is 145 Å². The fourth-order valence-corrected chi connectivity index (χ4v) is 4.08. The molecule has 0 aromatic heterocycles. The first-order valence-electron chi connectivity index (χ1n) is 9.70. The number of nitrogens with zero attached hydrogens (tertiary/aromatic N) is 2. The monoisotopic (exact) mass is 339 g/mol. The Morgan fingerprint density at radius 2 is 1.75 bits per heavy atom. The summed E-state index contributed by atoms with van der Waals surface area (Å²) in [7, 11) is 0. The first-order chi connectivity index (χ1) is 11.7. The Bertz CT molecular complexity index is 387. The molecule has 3 heterocycles. The Hall–Kier alpha value is -0.690. The van der Waals surface area contributed by atoms with Gasteiger partial charge in [-0.3, -0.25) is 4.79 Å². The number of nitrogens with two attached hydrogens (primary N) is 1. The Morgan fingerprint density at radius 1 is 1.08 bits per heavy atom. The van der Waals surface area contributed by atoms with Crippen LogP contribution < -0.4 is 5.73 Å². The van der Waals surface area contributed by atoms with Gasteiger partial charge in [0.25, 0.3) is 0 Å². The minimum absolute atomic E-state index is 0.123. The molecule has 0 aromatic rings. The molecule has 0 spiro atoms. The van der Waals surface area contributed by atoms with Crippen molar-refractivity contribution in [3.63, 3.8) is 0 Å². The highest BCUT2D eigenvalue weighted by Gasteiger charge is 2.32. The van der Waals surface area contributed by atoms with Crippen LogP contribution in [0.15, 0.2) is 0 Å². The second-order valence-electron chi connectivity index (χ2n) is 7.42. The lowest BCUT2D eigenvalue weighted by molar-refractivity contribution is -0.137. The lowest BCUT2D eigenvalue weighted by atomic mass is 9.91. The predicted octanol–water partition coefficient (Wildman–Crippen LogP) is 0.844. The van der Waals surface area contributed by atoms with Crippen LogP contribution in [0.1, 0.15) is 38.5 Å². The number of ether oxygens (including phenoxy) is 2. The summed E-state index contributed by atoms with van der Waals surface area (Å²) in [5.74, 6) is 0.401. The second kappa shape index (κ2) is 9.13. The molecule has 3 aliphatic rings. The van der Waals surface area contributed by atoms with Crippen molar-refractivity contribution in [3.05, 3.63) is 0 Å². The van der Waals surface area contributed by atoms with E-state index in [1.54, 1.807) is 0 Å². The molecule has 1 amide bonds. The summed E-state index contributed by atoms with van der Waals surface area (Å²) in [6.07, 6.45) is 6.64. The lowest BCUT2D eigenvalue weighted by Gasteiger charge is -2.36. The minimum Gasteiger partial charge on any atom is -0.381 e. The Balaban J connectivity index is 1.34. The summed E-state index contributed by atoms with van der Waals surface area (Å²) in [5.41, 5.74) is 6.22. The van der Waals surface area contributed by atoms with Crippen LogP contribution in [0, 0.1) is 5.92 Å². The molecule has 3 saturated heterocycles. The summed E-state index contributed by atoms with van der Waals surface area (Å²) < 4.78 is 11.4. The van der Waals surface area contributed by atoms with Gasteiger partial charge in [0, 0.05) is 32.8 Å². The quantitative estimate of drug-likeness (QED) is 0.777. The van der Waals surface area contributed by atoms with Crippen molar-refractivity contribution in [3.8, 4) is 0 Å². The van der Waals surface area contributed by atoms with Gasteiger partial charge in [-0.2, -0.15) is 0 Å². The van der Waals surface area contributed by atoms with E-state index < -0.39 is 0 Å². The SMILES string of the molecule is NC(C(=O)N1CCC(OCCN2CCCC2)CC1)C1CCOCC1. The summed E-state index contributed by atoms with van der Waals surface area (Å²) in [6, 6.07) is -0.360. The van der Waals surface area contributed by atoms with E-state index in [-0.39, 0.29) is 17.9 Å². The van der Waals surface area contributed by atoms with Gasteiger partial charge in [-0.25, -0.2) is 0 Å². The van der Waals surface area contributed by atoms with E-state index in [0.717, 1.165) is 65.1 Å². The van der Waals surface area contributed by atoms with E-state index in [0.29, 0.717) is 6.10 Å². The van der Waals surface area contributed by atoms with E-state index in [9.17, 15) is 4.79 Å². The third-order valence-corrected chi connectivity index (χ3v) is 5.77. The van der Waals surface area contributed by atoms with Gasteiger partial charge in [0.05, 0.1) is 18.8 Å². The van der Waals surface area contributed by atoms with E-state index >= 15 is 0 Å². The number of piperidine rings is 1. The van der Waals surface area contributed by atoms with Crippen molar-refractivity contribution >= 4 is 5.91 Å². The minimum atomic E-state index is -0.360. The van der Waals surface area contributed by atoms with Gasteiger partial charge in [0.2, 0.25) is 5.91 Å². The van der Waals surface area contributed by atoms with Crippen molar-refractivity contribution in [2.45, 2.75) is 50.7 Å². The molecule has 3 fully saturated rings. The molecule has 0 radical (unpaired) electrons. The van der Waals surface area contributed by atoms with Crippen LogP contribution in [-0.4, -0.2) is 80.4 Å². The van der Waals surface area contributed by atoms with Gasteiger partial charge in [-0.15, -0.1) is 0 Å². The van der Waals surface area contributed by atoms with E-state index in [2.05, 4.69) is 4.90 Å². The van der Waals surface area contributed by atoms with Crippen LogP contribution >= 0.6 is 0 Å². The fourth-order valence-electron chi connectivity index (χ4n) is 4.08. The summed E-state index contributed by atoms with van der Waals surface area (Å²) in [4.78, 5) is 17.0. The molecule has 3 aliphatic heterocycles. The number of rotatable bonds is 6. The summed E-state index contributed by atoms with van der Waals surface area (Å²) in [5, 5.41) is 0. The van der Waals surface area contributed by atoms with Gasteiger partial charge in [0.15, 0.2) is 0 Å². The van der Waals surface area contributed by atoms with Crippen molar-refractivity contribution in [2.24, 2.45) is 11.7 Å². The Morgan fingerprint density at radius 3 is 2.42 bits per heavy atom. The second-order valence-corrected chi connectivity index (χ2v) is 7.42. The zero-order valence-corrected chi connectivity index (χ0v) is 14.8. The average Bonchev–Trinajstić information content (AvgIpc) is 3.15. The number of likely N-dealkylation sites (tertiary alicyclic amines) is 2. The van der Waals surface area contributed by atoms with Crippen molar-refractivity contribution in [1.29, 1.82) is 0 Å². The molecule has 6 nitrogen and oxygen atoms in total. The normalized spacial score (nSPS) is 26.0. The van der Waals surface area contributed by atoms with E-state index in [1.165, 1.54) is 25.9 Å². The highest BCUT2D eigenvalue weighted by molar-refractivity contribution is 5.82. The molecular weight excluding hydrogens is 306 g/mol. The summed E-state index contributed by atoms with van der Waals surface area (Å²) >= 11 is 0. The maximum Gasteiger partial charge on any atom is 0.239 e. The van der Waals surface area contributed by atoms with Gasteiger partial charge < -0.3 is 25.0 Å². The zero-order valence-electron chi connectivity index (χ0n) is 14.8. The third-order valence-electron chi connectivity index (χ3n) is 5.77. The third kappa shape index (κ3) is 4.91. The van der Waals surface area contributed by atoms with Gasteiger partial charge in [0.1, 0.15) is 0 Å². The molecule has 24 heavy (non-hydrogen) atoms. The van der Waals surface area contributed by atoms with Crippen molar-refractivity contribution < 1.29 is 14.3 Å². The molecular formula is C18H33N3O3. The standard InChI is InChI=1S/C18H33N3O3/c19-17(15-5-12-23-13-6-15)18(22)21-9-3-16(4-10-21)24-14-11-20-7-1-2-8-20/h15-17H,1-14,19H2. The van der Waals surface area contributed by atoms with Crippen molar-refractivity contribution in [1.82, 2.24) is 9.80 Å². The van der Waals surface area contributed by atoms with Crippen LogP contribution in [0.25, 0.3) is 0 Å². The highest BCUT2D eigenvalue weighted by Crippen LogP contribution is 2.21. The number of carbonyl (C=O) groups excluding carboxylic acids is 1. The molecule has 6 heteroatoms. The number of carbonyl (C=O) groups is 1. The zero-order chi connectivity index (χ0) is 16.8. The molecule has 138 valence electrons. The first kappa shape index (κ1) is 18.1. The summed E-state index contributed by atoms with van der Waals surface area (Å²) in [6.45, 7) is 7.35. The molecule has 1 atom stereocenters. The molecule has 3 rings (SSSR count). The largest absolute Gasteiger partial charge is 0.381 e. The molecule has 2 N–H and O–H groups in total. The molecule has 0 aliphatic carbocycles. The Kier molecular flexibility index (Phi) is 6.89. The molecule has 0 bridgehead atoms. The lowest BCUT2D eigenvalue weighted by Crippen LogP contribution is -2.51. The maximum atomic E-state index is 12.6. The van der Waals surface area contributed by atoms with Crippen LogP contribution in [0.5, 0.6) is 0 Å². The van der Waals surface area contributed by atoms with Crippen LogP contribution in [0.2, 0.25) is 0 Å². The van der Waals surface area contributed by atoms with Crippen LogP contribution in [0.3, 0.4) is 0 Å². The number of hydrogen-bond acceptors (Lipinski definition) is 5. The van der Waals surface area contributed by atoms with Gasteiger partial charge in [-0.1, -0.05) is 0 Å². The van der Waals surface area contributed by atoms with Crippen LogP contribution in [0.4, 0.5) is 0 Å².